The predicted molar refractivity (Wildman–Crippen MR) is 85.8 cm³/mol. The molecule has 0 bridgehead atoms. The Hall–Kier alpha value is -1.59. The molecule has 1 saturated heterocycles. The van der Waals surface area contributed by atoms with E-state index in [1.165, 1.54) is 4.90 Å². The predicted octanol–water partition coefficient (Wildman–Crippen LogP) is 0.264. The summed E-state index contributed by atoms with van der Waals surface area (Å²) in [6, 6.07) is 7.42. The molecular weight excluding hydrogens is 302 g/mol. The molecule has 5 nitrogen and oxygen atoms in total. The lowest BCUT2D eigenvalue weighted by molar-refractivity contribution is -0.896. The molecule has 1 heterocycles. The SMILES string of the molecule is CC(=O)N1CC[NH+](CC(=O)N[C@@H](C)c2ccccc2Cl)CC1. The van der Waals surface area contributed by atoms with Gasteiger partial charge in [-0.1, -0.05) is 29.8 Å². The first kappa shape index (κ1) is 16.8. The molecular formula is C16H23ClN3O2+. The van der Waals surface area contributed by atoms with Gasteiger partial charge in [-0.3, -0.25) is 9.59 Å². The Bertz CT molecular complexity index is 542. The quantitative estimate of drug-likeness (QED) is 0.835. The van der Waals surface area contributed by atoms with E-state index >= 15 is 0 Å². The molecule has 0 spiro atoms. The summed E-state index contributed by atoms with van der Waals surface area (Å²) in [5, 5.41) is 3.66. The molecule has 22 heavy (non-hydrogen) atoms. The monoisotopic (exact) mass is 324 g/mol. The summed E-state index contributed by atoms with van der Waals surface area (Å²) < 4.78 is 0. The van der Waals surface area contributed by atoms with Crippen molar-refractivity contribution in [1.82, 2.24) is 10.2 Å². The maximum Gasteiger partial charge on any atom is 0.275 e. The molecule has 1 aliphatic rings. The van der Waals surface area contributed by atoms with Crippen LogP contribution in [0.3, 0.4) is 0 Å². The highest BCUT2D eigenvalue weighted by Crippen LogP contribution is 2.21. The van der Waals surface area contributed by atoms with Gasteiger partial charge in [-0.15, -0.1) is 0 Å². The molecule has 1 aliphatic heterocycles. The molecule has 2 N–H and O–H groups in total. The minimum absolute atomic E-state index is 0.0127. The maximum absolute atomic E-state index is 12.2. The summed E-state index contributed by atoms with van der Waals surface area (Å²) in [4.78, 5) is 26.5. The number of hydrogen-bond donors (Lipinski definition) is 2. The molecule has 1 atom stereocenters. The fraction of sp³-hybridized carbons (Fsp3) is 0.500. The molecule has 0 radical (unpaired) electrons. The van der Waals surface area contributed by atoms with Gasteiger partial charge in [0.25, 0.3) is 5.91 Å². The zero-order valence-electron chi connectivity index (χ0n) is 13.1. The van der Waals surface area contributed by atoms with Gasteiger partial charge in [-0.25, -0.2) is 0 Å². The number of benzene rings is 1. The van der Waals surface area contributed by atoms with Gasteiger partial charge in [-0.2, -0.15) is 0 Å². The number of hydrogen-bond acceptors (Lipinski definition) is 2. The summed E-state index contributed by atoms with van der Waals surface area (Å²) in [6.45, 7) is 7.02. The van der Waals surface area contributed by atoms with Gasteiger partial charge in [0.2, 0.25) is 5.91 Å². The van der Waals surface area contributed by atoms with E-state index < -0.39 is 0 Å². The summed E-state index contributed by atoms with van der Waals surface area (Å²) in [7, 11) is 0. The smallest absolute Gasteiger partial charge is 0.275 e. The third-order valence-corrected chi connectivity index (χ3v) is 4.42. The lowest BCUT2D eigenvalue weighted by Crippen LogP contribution is -3.15. The second-order valence-electron chi connectivity index (χ2n) is 5.74. The molecule has 120 valence electrons. The summed E-state index contributed by atoms with van der Waals surface area (Å²) >= 11 is 6.15. The van der Waals surface area contributed by atoms with Crippen molar-refractivity contribution in [1.29, 1.82) is 0 Å². The van der Waals surface area contributed by atoms with Gasteiger partial charge in [0.15, 0.2) is 6.54 Å². The van der Waals surface area contributed by atoms with Crippen LogP contribution in [-0.2, 0) is 9.59 Å². The van der Waals surface area contributed by atoms with Gasteiger partial charge < -0.3 is 15.1 Å². The standard InChI is InChI=1S/C16H22ClN3O2/c1-12(14-5-3-4-6-15(14)17)18-16(22)11-19-7-9-20(10-8-19)13(2)21/h3-6,12H,7-11H2,1-2H3,(H,18,22)/p+1/t12-/m0/s1. The Labute approximate surface area is 136 Å². The van der Waals surface area contributed by atoms with Crippen molar-refractivity contribution in [3.63, 3.8) is 0 Å². The molecule has 6 heteroatoms. The summed E-state index contributed by atoms with van der Waals surface area (Å²) in [6.07, 6.45) is 0. The number of rotatable bonds is 4. The first-order valence-electron chi connectivity index (χ1n) is 7.60. The second kappa shape index (κ2) is 7.61. The summed E-state index contributed by atoms with van der Waals surface area (Å²) in [5.41, 5.74) is 0.925. The highest BCUT2D eigenvalue weighted by Gasteiger charge is 2.24. The highest BCUT2D eigenvalue weighted by molar-refractivity contribution is 6.31. The Kier molecular flexibility index (Phi) is 5.80. The molecule has 0 aliphatic carbocycles. The number of carbonyl (C=O) groups is 2. The van der Waals surface area contributed by atoms with Crippen molar-refractivity contribution in [3.8, 4) is 0 Å². The number of carbonyl (C=O) groups excluding carboxylic acids is 2. The molecule has 1 aromatic rings. The number of quaternary nitrogens is 1. The first-order chi connectivity index (χ1) is 10.5. The number of piperazine rings is 1. The van der Waals surface area contributed by atoms with E-state index in [0.29, 0.717) is 11.6 Å². The van der Waals surface area contributed by atoms with Crippen LogP contribution in [0.5, 0.6) is 0 Å². The van der Waals surface area contributed by atoms with Crippen molar-refractivity contribution in [3.05, 3.63) is 34.9 Å². The fourth-order valence-corrected chi connectivity index (χ4v) is 3.04. The van der Waals surface area contributed by atoms with Crippen LogP contribution in [0.2, 0.25) is 5.02 Å². The summed E-state index contributed by atoms with van der Waals surface area (Å²) in [5.74, 6) is 0.120. The van der Waals surface area contributed by atoms with Crippen LogP contribution in [0.1, 0.15) is 25.5 Å². The lowest BCUT2D eigenvalue weighted by atomic mass is 10.1. The highest BCUT2D eigenvalue weighted by atomic mass is 35.5. The minimum atomic E-state index is -0.112. The minimum Gasteiger partial charge on any atom is -0.345 e. The molecule has 0 aromatic heterocycles. The van der Waals surface area contributed by atoms with Crippen molar-refractivity contribution in [2.75, 3.05) is 32.7 Å². The Morgan fingerprint density at radius 1 is 1.32 bits per heavy atom. The van der Waals surface area contributed by atoms with Gasteiger partial charge >= 0.3 is 0 Å². The Morgan fingerprint density at radius 2 is 1.95 bits per heavy atom. The van der Waals surface area contributed by atoms with Crippen LogP contribution in [0.25, 0.3) is 0 Å². The molecule has 1 aromatic carbocycles. The van der Waals surface area contributed by atoms with E-state index in [1.807, 2.05) is 36.1 Å². The van der Waals surface area contributed by atoms with Crippen LogP contribution < -0.4 is 10.2 Å². The molecule has 1 fully saturated rings. The Morgan fingerprint density at radius 3 is 2.55 bits per heavy atom. The number of nitrogens with one attached hydrogen (secondary N) is 2. The van der Waals surface area contributed by atoms with Gasteiger partial charge in [0.05, 0.1) is 32.2 Å². The fourth-order valence-electron chi connectivity index (χ4n) is 2.74. The van der Waals surface area contributed by atoms with Crippen molar-refractivity contribution in [2.45, 2.75) is 19.9 Å². The largest absolute Gasteiger partial charge is 0.345 e. The van der Waals surface area contributed by atoms with Crippen molar-refractivity contribution < 1.29 is 14.5 Å². The zero-order valence-corrected chi connectivity index (χ0v) is 13.8. The average Bonchev–Trinajstić information content (AvgIpc) is 2.48. The third kappa shape index (κ3) is 4.45. The van der Waals surface area contributed by atoms with E-state index in [2.05, 4.69) is 5.32 Å². The van der Waals surface area contributed by atoms with Gasteiger partial charge in [0, 0.05) is 11.9 Å². The van der Waals surface area contributed by atoms with Crippen LogP contribution in [0, 0.1) is 0 Å². The number of nitrogens with zero attached hydrogens (tertiary/aromatic N) is 1. The van der Waals surface area contributed by atoms with Crippen LogP contribution >= 0.6 is 11.6 Å². The number of halogens is 1. The van der Waals surface area contributed by atoms with E-state index in [-0.39, 0.29) is 17.9 Å². The average molecular weight is 325 g/mol. The number of amides is 2. The third-order valence-electron chi connectivity index (χ3n) is 4.08. The first-order valence-corrected chi connectivity index (χ1v) is 7.98. The molecule has 0 saturated carbocycles. The second-order valence-corrected chi connectivity index (χ2v) is 6.15. The zero-order chi connectivity index (χ0) is 16.1. The van der Waals surface area contributed by atoms with Gasteiger partial charge in [0.1, 0.15) is 0 Å². The molecule has 2 amide bonds. The van der Waals surface area contributed by atoms with E-state index in [1.54, 1.807) is 6.92 Å². The maximum atomic E-state index is 12.2. The lowest BCUT2D eigenvalue weighted by Gasteiger charge is -2.31. The van der Waals surface area contributed by atoms with Crippen LogP contribution in [-0.4, -0.2) is 49.4 Å². The van der Waals surface area contributed by atoms with Crippen LogP contribution in [0.4, 0.5) is 0 Å². The van der Waals surface area contributed by atoms with Gasteiger partial charge in [-0.05, 0) is 18.6 Å². The van der Waals surface area contributed by atoms with Crippen LogP contribution in [0.15, 0.2) is 24.3 Å². The van der Waals surface area contributed by atoms with E-state index in [4.69, 9.17) is 11.6 Å². The normalized spacial score (nSPS) is 17.1. The molecule has 2 rings (SSSR count). The Balaban J connectivity index is 1.81. The van der Waals surface area contributed by atoms with Crippen molar-refractivity contribution >= 4 is 23.4 Å². The molecule has 0 unspecified atom stereocenters. The topological polar surface area (TPSA) is 53.9 Å². The van der Waals surface area contributed by atoms with Crippen molar-refractivity contribution in [2.24, 2.45) is 0 Å². The van der Waals surface area contributed by atoms with E-state index in [0.717, 1.165) is 31.7 Å². The van der Waals surface area contributed by atoms with E-state index in [9.17, 15) is 9.59 Å².